The molecule has 0 aliphatic carbocycles. The molecular formula is C15H24N2O2. The number of aromatic carboxylic acids is 1. The van der Waals surface area contributed by atoms with Gasteiger partial charge in [0.05, 0.1) is 5.69 Å². The lowest BCUT2D eigenvalue weighted by molar-refractivity contribution is 0.0697. The number of aryl methyl sites for hydroxylation is 1. The zero-order valence-electron chi connectivity index (χ0n) is 12.4. The van der Waals surface area contributed by atoms with Gasteiger partial charge in [0.2, 0.25) is 0 Å². The van der Waals surface area contributed by atoms with Crippen molar-refractivity contribution in [2.24, 2.45) is 17.8 Å². The number of rotatable bonds is 6. The highest BCUT2D eigenvalue weighted by Crippen LogP contribution is 2.23. The van der Waals surface area contributed by atoms with Crippen LogP contribution in [0.25, 0.3) is 0 Å². The molecule has 2 N–H and O–H groups in total. The van der Waals surface area contributed by atoms with E-state index in [2.05, 4.69) is 38.0 Å². The molecule has 4 nitrogen and oxygen atoms in total. The predicted molar refractivity (Wildman–Crippen MR) is 77.6 cm³/mol. The Kier molecular flexibility index (Phi) is 5.33. The number of aromatic nitrogens is 1. The summed E-state index contributed by atoms with van der Waals surface area (Å²) in [7, 11) is 0. The quantitative estimate of drug-likeness (QED) is 0.826. The summed E-state index contributed by atoms with van der Waals surface area (Å²) in [6, 6.07) is 1.79. The Morgan fingerprint density at radius 3 is 2.37 bits per heavy atom. The lowest BCUT2D eigenvalue weighted by Crippen LogP contribution is -2.25. The van der Waals surface area contributed by atoms with E-state index < -0.39 is 5.97 Å². The minimum Gasteiger partial charge on any atom is -0.478 e. The van der Waals surface area contributed by atoms with E-state index in [1.165, 1.54) is 6.20 Å². The number of carbonyl (C=O) groups is 1. The SMILES string of the molecule is Cc1cc(NCC(C(C)C)C(C)C)c(C(=O)O)cn1. The Morgan fingerprint density at radius 2 is 1.89 bits per heavy atom. The van der Waals surface area contributed by atoms with E-state index in [4.69, 9.17) is 5.11 Å². The normalized spacial score (nSPS) is 11.4. The summed E-state index contributed by atoms with van der Waals surface area (Å²) in [6.07, 6.45) is 1.42. The van der Waals surface area contributed by atoms with Gasteiger partial charge in [0.1, 0.15) is 5.56 Å². The number of nitrogens with one attached hydrogen (secondary N) is 1. The van der Waals surface area contributed by atoms with Crippen LogP contribution < -0.4 is 5.32 Å². The lowest BCUT2D eigenvalue weighted by atomic mass is 9.85. The number of hydrogen-bond donors (Lipinski definition) is 2. The number of anilines is 1. The van der Waals surface area contributed by atoms with Gasteiger partial charge in [-0.2, -0.15) is 0 Å². The van der Waals surface area contributed by atoms with Crippen molar-refractivity contribution in [1.29, 1.82) is 0 Å². The van der Waals surface area contributed by atoms with Gasteiger partial charge >= 0.3 is 5.97 Å². The maximum absolute atomic E-state index is 11.2. The summed E-state index contributed by atoms with van der Waals surface area (Å²) in [5, 5.41) is 12.4. The van der Waals surface area contributed by atoms with Crippen LogP contribution in [0.3, 0.4) is 0 Å². The Hall–Kier alpha value is -1.58. The van der Waals surface area contributed by atoms with Crippen molar-refractivity contribution in [1.82, 2.24) is 4.98 Å². The first-order valence-corrected chi connectivity index (χ1v) is 6.76. The van der Waals surface area contributed by atoms with E-state index in [-0.39, 0.29) is 5.56 Å². The highest BCUT2D eigenvalue weighted by Gasteiger charge is 2.18. The first-order valence-electron chi connectivity index (χ1n) is 6.76. The van der Waals surface area contributed by atoms with E-state index in [0.29, 0.717) is 23.4 Å². The van der Waals surface area contributed by atoms with Crippen LogP contribution in [-0.4, -0.2) is 22.6 Å². The topological polar surface area (TPSA) is 62.2 Å². The van der Waals surface area contributed by atoms with Gasteiger partial charge in [0.15, 0.2) is 0 Å². The molecule has 106 valence electrons. The second kappa shape index (κ2) is 6.55. The highest BCUT2D eigenvalue weighted by molar-refractivity contribution is 5.93. The fourth-order valence-electron chi connectivity index (χ4n) is 2.35. The first-order chi connectivity index (χ1) is 8.82. The minimum absolute atomic E-state index is 0.233. The monoisotopic (exact) mass is 264 g/mol. The third kappa shape index (κ3) is 4.23. The maximum Gasteiger partial charge on any atom is 0.339 e. The molecule has 1 aromatic rings. The molecule has 4 heteroatoms. The molecule has 1 aromatic heterocycles. The van der Waals surface area contributed by atoms with Gasteiger partial charge < -0.3 is 10.4 Å². The van der Waals surface area contributed by atoms with Crippen molar-refractivity contribution in [3.05, 3.63) is 23.5 Å². The third-order valence-corrected chi connectivity index (χ3v) is 3.51. The average Bonchev–Trinajstić information content (AvgIpc) is 2.27. The predicted octanol–water partition coefficient (Wildman–Crippen LogP) is 3.43. The number of pyridine rings is 1. The maximum atomic E-state index is 11.2. The summed E-state index contributed by atoms with van der Waals surface area (Å²) < 4.78 is 0. The van der Waals surface area contributed by atoms with Crippen molar-refractivity contribution >= 4 is 11.7 Å². The molecule has 1 heterocycles. The van der Waals surface area contributed by atoms with E-state index in [1.807, 2.05) is 6.92 Å². The average molecular weight is 264 g/mol. The molecule has 0 aliphatic rings. The van der Waals surface area contributed by atoms with Crippen molar-refractivity contribution in [2.45, 2.75) is 34.6 Å². The molecule has 19 heavy (non-hydrogen) atoms. The number of carboxylic acid groups (broad SMARTS) is 1. The third-order valence-electron chi connectivity index (χ3n) is 3.51. The van der Waals surface area contributed by atoms with E-state index in [0.717, 1.165) is 12.2 Å². The van der Waals surface area contributed by atoms with Crippen LogP contribution in [0.2, 0.25) is 0 Å². The van der Waals surface area contributed by atoms with Crippen LogP contribution in [0, 0.1) is 24.7 Å². The van der Waals surface area contributed by atoms with Gasteiger partial charge in [-0.1, -0.05) is 27.7 Å². The van der Waals surface area contributed by atoms with Crippen LogP contribution >= 0.6 is 0 Å². The summed E-state index contributed by atoms with van der Waals surface area (Å²) >= 11 is 0. The molecule has 0 spiro atoms. The molecule has 1 rings (SSSR count). The summed E-state index contributed by atoms with van der Waals surface area (Å²) in [6.45, 7) is 11.4. The largest absolute Gasteiger partial charge is 0.478 e. The molecule has 0 amide bonds. The van der Waals surface area contributed by atoms with Crippen LogP contribution in [-0.2, 0) is 0 Å². The summed E-state index contributed by atoms with van der Waals surface area (Å²) in [5.41, 5.74) is 1.71. The smallest absolute Gasteiger partial charge is 0.339 e. The molecule has 0 radical (unpaired) electrons. The Balaban J connectivity index is 2.87. The van der Waals surface area contributed by atoms with Crippen LogP contribution in [0.1, 0.15) is 43.7 Å². The lowest BCUT2D eigenvalue weighted by Gasteiger charge is -2.26. The van der Waals surface area contributed by atoms with E-state index in [1.54, 1.807) is 6.07 Å². The molecular weight excluding hydrogens is 240 g/mol. The molecule has 0 bridgehead atoms. The first kappa shape index (κ1) is 15.5. The van der Waals surface area contributed by atoms with Gasteiger partial charge in [-0.3, -0.25) is 4.98 Å². The van der Waals surface area contributed by atoms with Crippen LogP contribution in [0.15, 0.2) is 12.3 Å². The van der Waals surface area contributed by atoms with Gasteiger partial charge in [-0.25, -0.2) is 4.79 Å². The molecule has 0 atom stereocenters. The van der Waals surface area contributed by atoms with Gasteiger partial charge in [-0.05, 0) is 30.7 Å². The fraction of sp³-hybridized carbons (Fsp3) is 0.600. The Bertz CT molecular complexity index is 434. The van der Waals surface area contributed by atoms with E-state index in [9.17, 15) is 4.79 Å². The van der Waals surface area contributed by atoms with Gasteiger partial charge in [0, 0.05) is 18.4 Å². The number of nitrogens with zero attached hydrogens (tertiary/aromatic N) is 1. The second-order valence-corrected chi connectivity index (χ2v) is 5.71. The van der Waals surface area contributed by atoms with Gasteiger partial charge in [0.25, 0.3) is 0 Å². The number of carboxylic acids is 1. The van der Waals surface area contributed by atoms with Crippen molar-refractivity contribution in [3.8, 4) is 0 Å². The second-order valence-electron chi connectivity index (χ2n) is 5.71. The zero-order valence-corrected chi connectivity index (χ0v) is 12.4. The summed E-state index contributed by atoms with van der Waals surface area (Å²) in [4.78, 5) is 15.2. The minimum atomic E-state index is -0.944. The molecule has 0 aliphatic heterocycles. The van der Waals surface area contributed by atoms with Crippen LogP contribution in [0.5, 0.6) is 0 Å². The molecule has 0 aromatic carbocycles. The molecule has 0 saturated heterocycles. The zero-order chi connectivity index (χ0) is 14.6. The number of hydrogen-bond acceptors (Lipinski definition) is 3. The fourth-order valence-corrected chi connectivity index (χ4v) is 2.35. The van der Waals surface area contributed by atoms with Crippen LogP contribution in [0.4, 0.5) is 5.69 Å². The van der Waals surface area contributed by atoms with Crippen molar-refractivity contribution in [3.63, 3.8) is 0 Å². The highest BCUT2D eigenvalue weighted by atomic mass is 16.4. The summed E-state index contributed by atoms with van der Waals surface area (Å²) in [5.74, 6) is 0.684. The molecule has 0 fully saturated rings. The van der Waals surface area contributed by atoms with Crippen molar-refractivity contribution < 1.29 is 9.90 Å². The van der Waals surface area contributed by atoms with Gasteiger partial charge in [-0.15, -0.1) is 0 Å². The van der Waals surface area contributed by atoms with Crippen molar-refractivity contribution in [2.75, 3.05) is 11.9 Å². The Morgan fingerprint density at radius 1 is 1.32 bits per heavy atom. The van der Waals surface area contributed by atoms with E-state index >= 15 is 0 Å². The molecule has 0 unspecified atom stereocenters. The standard InChI is InChI=1S/C15H24N2O2/c1-9(2)12(10(3)4)7-17-14-6-11(5)16-8-13(14)15(18)19/h6,8-10,12H,7H2,1-5H3,(H,16,17)(H,18,19). The Labute approximate surface area is 115 Å². The molecule has 0 saturated carbocycles.